The maximum Gasteiger partial charge on any atom is 0.0468 e. The Balaban J connectivity index is 1.58. The zero-order valence-corrected chi connectivity index (χ0v) is 13.3. The standard InChI is InChI=1S/C19H29NO/c1-21-14-13-19(11-12-19)15-20-18-10-6-5-9-17(18)16-7-3-2-4-8-16/h2-4,7-8,17-18,20H,5-6,9-15H2,1H3. The number of benzene rings is 1. The largest absolute Gasteiger partial charge is 0.385 e. The molecule has 3 rings (SSSR count). The summed E-state index contributed by atoms with van der Waals surface area (Å²) < 4.78 is 5.27. The molecule has 116 valence electrons. The van der Waals surface area contributed by atoms with Crippen molar-refractivity contribution in [1.82, 2.24) is 5.32 Å². The highest BCUT2D eigenvalue weighted by Crippen LogP contribution is 2.48. The molecule has 21 heavy (non-hydrogen) atoms. The van der Waals surface area contributed by atoms with Crippen LogP contribution in [0.2, 0.25) is 0 Å². The van der Waals surface area contributed by atoms with Crippen LogP contribution in [-0.4, -0.2) is 26.3 Å². The minimum atomic E-state index is 0.550. The van der Waals surface area contributed by atoms with E-state index in [1.54, 1.807) is 0 Å². The molecule has 0 aromatic heterocycles. The smallest absolute Gasteiger partial charge is 0.0468 e. The van der Waals surface area contributed by atoms with Gasteiger partial charge in [-0.05, 0) is 49.0 Å². The zero-order chi connectivity index (χ0) is 14.5. The quantitative estimate of drug-likeness (QED) is 0.814. The molecule has 1 aromatic rings. The third kappa shape index (κ3) is 3.87. The van der Waals surface area contributed by atoms with Crippen molar-refractivity contribution in [3.8, 4) is 0 Å². The van der Waals surface area contributed by atoms with Crippen LogP contribution in [-0.2, 0) is 4.74 Å². The lowest BCUT2D eigenvalue weighted by Gasteiger charge is -2.34. The molecule has 0 amide bonds. The van der Waals surface area contributed by atoms with Crippen molar-refractivity contribution in [3.05, 3.63) is 35.9 Å². The second-order valence-corrected chi connectivity index (χ2v) is 7.03. The molecular weight excluding hydrogens is 258 g/mol. The van der Waals surface area contributed by atoms with Crippen molar-refractivity contribution in [3.63, 3.8) is 0 Å². The molecule has 0 aliphatic heterocycles. The van der Waals surface area contributed by atoms with Gasteiger partial charge in [0.25, 0.3) is 0 Å². The summed E-state index contributed by atoms with van der Waals surface area (Å²) in [6, 6.07) is 11.8. The number of ether oxygens (including phenoxy) is 1. The highest BCUT2D eigenvalue weighted by molar-refractivity contribution is 5.22. The van der Waals surface area contributed by atoms with Gasteiger partial charge in [0, 0.05) is 26.3 Å². The van der Waals surface area contributed by atoms with Gasteiger partial charge in [-0.3, -0.25) is 0 Å². The summed E-state index contributed by atoms with van der Waals surface area (Å²) in [7, 11) is 1.82. The lowest BCUT2D eigenvalue weighted by atomic mass is 9.79. The third-order valence-corrected chi connectivity index (χ3v) is 5.53. The van der Waals surface area contributed by atoms with E-state index in [0.29, 0.717) is 17.4 Å². The Morgan fingerprint density at radius 3 is 2.62 bits per heavy atom. The van der Waals surface area contributed by atoms with Crippen molar-refractivity contribution in [2.75, 3.05) is 20.3 Å². The molecule has 2 atom stereocenters. The fourth-order valence-corrected chi connectivity index (χ4v) is 3.83. The second kappa shape index (κ2) is 6.93. The normalized spacial score (nSPS) is 27.5. The van der Waals surface area contributed by atoms with Gasteiger partial charge in [0.15, 0.2) is 0 Å². The summed E-state index contributed by atoms with van der Waals surface area (Å²) in [5.41, 5.74) is 2.07. The van der Waals surface area contributed by atoms with Crippen LogP contribution in [0.3, 0.4) is 0 Å². The van der Waals surface area contributed by atoms with Crippen LogP contribution in [0.4, 0.5) is 0 Å². The van der Waals surface area contributed by atoms with Gasteiger partial charge < -0.3 is 10.1 Å². The Hall–Kier alpha value is -0.860. The van der Waals surface area contributed by atoms with Crippen LogP contribution in [0.1, 0.15) is 56.4 Å². The third-order valence-electron chi connectivity index (χ3n) is 5.53. The van der Waals surface area contributed by atoms with E-state index in [4.69, 9.17) is 4.74 Å². The minimum absolute atomic E-state index is 0.550. The molecule has 0 saturated heterocycles. The molecule has 2 nitrogen and oxygen atoms in total. The molecule has 0 bridgehead atoms. The fourth-order valence-electron chi connectivity index (χ4n) is 3.83. The van der Waals surface area contributed by atoms with Gasteiger partial charge in [-0.1, -0.05) is 43.2 Å². The van der Waals surface area contributed by atoms with Crippen LogP contribution < -0.4 is 5.32 Å². The second-order valence-electron chi connectivity index (χ2n) is 7.03. The van der Waals surface area contributed by atoms with E-state index in [0.717, 1.165) is 6.61 Å². The van der Waals surface area contributed by atoms with Crippen molar-refractivity contribution in [1.29, 1.82) is 0 Å². The molecule has 2 aliphatic rings. The van der Waals surface area contributed by atoms with Crippen LogP contribution in [0.25, 0.3) is 0 Å². The van der Waals surface area contributed by atoms with E-state index < -0.39 is 0 Å². The first-order chi connectivity index (χ1) is 10.3. The van der Waals surface area contributed by atoms with Gasteiger partial charge in [-0.25, -0.2) is 0 Å². The molecule has 1 aromatic carbocycles. The summed E-state index contributed by atoms with van der Waals surface area (Å²) in [6.07, 6.45) is 9.42. The predicted octanol–water partition coefficient (Wildman–Crippen LogP) is 4.12. The van der Waals surface area contributed by atoms with Gasteiger partial charge in [0.1, 0.15) is 0 Å². The van der Waals surface area contributed by atoms with Gasteiger partial charge in [0.05, 0.1) is 0 Å². The average molecular weight is 287 g/mol. The average Bonchev–Trinajstić information content (AvgIpc) is 3.33. The molecule has 0 heterocycles. The van der Waals surface area contributed by atoms with E-state index in [1.165, 1.54) is 57.1 Å². The number of nitrogens with one attached hydrogen (secondary N) is 1. The predicted molar refractivity (Wildman–Crippen MR) is 87.6 cm³/mol. The Morgan fingerprint density at radius 1 is 1.14 bits per heavy atom. The summed E-state index contributed by atoms with van der Waals surface area (Å²) in [5, 5.41) is 3.93. The minimum Gasteiger partial charge on any atom is -0.385 e. The molecule has 0 spiro atoms. The zero-order valence-electron chi connectivity index (χ0n) is 13.3. The SMILES string of the molecule is COCCC1(CNC2CCCCC2c2ccccc2)CC1. The molecule has 2 saturated carbocycles. The van der Waals surface area contributed by atoms with Gasteiger partial charge in [-0.15, -0.1) is 0 Å². The molecule has 2 heteroatoms. The number of methoxy groups -OCH3 is 1. The van der Waals surface area contributed by atoms with Gasteiger partial charge in [0.2, 0.25) is 0 Å². The molecule has 0 radical (unpaired) electrons. The Morgan fingerprint density at radius 2 is 1.90 bits per heavy atom. The van der Waals surface area contributed by atoms with Crippen LogP contribution in [0.15, 0.2) is 30.3 Å². The first kappa shape index (κ1) is 15.1. The number of hydrogen-bond acceptors (Lipinski definition) is 2. The number of rotatable bonds is 7. The molecule has 2 aliphatic carbocycles. The van der Waals surface area contributed by atoms with Crippen LogP contribution in [0.5, 0.6) is 0 Å². The highest BCUT2D eigenvalue weighted by atomic mass is 16.5. The Kier molecular flexibility index (Phi) is 4.97. The van der Waals surface area contributed by atoms with Crippen LogP contribution >= 0.6 is 0 Å². The summed E-state index contributed by atoms with van der Waals surface area (Å²) in [4.78, 5) is 0. The van der Waals surface area contributed by atoms with E-state index in [2.05, 4.69) is 35.6 Å². The van der Waals surface area contributed by atoms with Crippen molar-refractivity contribution < 1.29 is 4.74 Å². The molecule has 1 N–H and O–H groups in total. The van der Waals surface area contributed by atoms with Gasteiger partial charge in [-0.2, -0.15) is 0 Å². The lowest BCUT2D eigenvalue weighted by Crippen LogP contribution is -2.40. The first-order valence-electron chi connectivity index (χ1n) is 8.60. The Labute approximate surface area is 129 Å². The first-order valence-corrected chi connectivity index (χ1v) is 8.60. The molecule has 2 fully saturated rings. The van der Waals surface area contributed by atoms with E-state index in [1.807, 2.05) is 7.11 Å². The maximum absolute atomic E-state index is 5.27. The van der Waals surface area contributed by atoms with Crippen molar-refractivity contribution in [2.45, 2.75) is 56.9 Å². The van der Waals surface area contributed by atoms with Crippen molar-refractivity contribution >= 4 is 0 Å². The van der Waals surface area contributed by atoms with E-state index in [9.17, 15) is 0 Å². The van der Waals surface area contributed by atoms with Crippen molar-refractivity contribution in [2.24, 2.45) is 5.41 Å². The van der Waals surface area contributed by atoms with Gasteiger partial charge >= 0.3 is 0 Å². The topological polar surface area (TPSA) is 21.3 Å². The number of hydrogen-bond donors (Lipinski definition) is 1. The van der Waals surface area contributed by atoms with E-state index in [-0.39, 0.29) is 0 Å². The maximum atomic E-state index is 5.27. The lowest BCUT2D eigenvalue weighted by molar-refractivity contribution is 0.168. The molecular formula is C19H29NO. The van der Waals surface area contributed by atoms with E-state index >= 15 is 0 Å². The molecule has 2 unspecified atom stereocenters. The highest BCUT2D eigenvalue weighted by Gasteiger charge is 2.42. The summed E-state index contributed by atoms with van der Waals surface area (Å²) in [6.45, 7) is 2.10. The van der Waals surface area contributed by atoms with Crippen LogP contribution in [0, 0.1) is 5.41 Å². The summed E-state index contributed by atoms with van der Waals surface area (Å²) >= 11 is 0. The fraction of sp³-hybridized carbons (Fsp3) is 0.684. The monoisotopic (exact) mass is 287 g/mol. The Bertz CT molecular complexity index is 426. The summed E-state index contributed by atoms with van der Waals surface area (Å²) in [5.74, 6) is 0.707.